The molecule has 0 aromatic heterocycles. The van der Waals surface area contributed by atoms with Gasteiger partial charge in [-0.25, -0.2) is 8.42 Å². The highest BCUT2D eigenvalue weighted by Crippen LogP contribution is 2.40. The number of carbonyl (C=O) groups is 1. The summed E-state index contributed by atoms with van der Waals surface area (Å²) in [5.41, 5.74) is 1.72. The number of aryl methyl sites for hydroxylation is 1. The fraction of sp³-hybridized carbons (Fsp3) is 0.367. The number of para-hydroxylation sites is 1. The zero-order valence-electron chi connectivity index (χ0n) is 22.5. The molecule has 0 radical (unpaired) electrons. The highest BCUT2D eigenvalue weighted by molar-refractivity contribution is 7.89. The van der Waals surface area contributed by atoms with E-state index in [-0.39, 0.29) is 28.8 Å². The first kappa shape index (κ1) is 29.4. The Morgan fingerprint density at radius 1 is 1.00 bits per heavy atom. The van der Waals surface area contributed by atoms with Crippen LogP contribution < -0.4 is 10.2 Å². The Morgan fingerprint density at radius 3 is 2.44 bits per heavy atom. The summed E-state index contributed by atoms with van der Waals surface area (Å²) >= 11 is 6.11. The summed E-state index contributed by atoms with van der Waals surface area (Å²) in [4.78, 5) is 15.1. The largest absolute Gasteiger partial charge is 0.418 e. The summed E-state index contributed by atoms with van der Waals surface area (Å²) in [6.07, 6.45) is -3.28. The van der Waals surface area contributed by atoms with Crippen molar-refractivity contribution in [3.8, 4) is 0 Å². The maximum absolute atomic E-state index is 13.5. The third-order valence-electron chi connectivity index (χ3n) is 8.10. The summed E-state index contributed by atoms with van der Waals surface area (Å²) in [5, 5.41) is 3.07. The number of benzene rings is 3. The van der Waals surface area contributed by atoms with Crippen molar-refractivity contribution in [3.05, 3.63) is 88.4 Å². The minimum Gasteiger partial charge on any atom is -0.369 e. The number of sulfonamides is 1. The fourth-order valence-electron chi connectivity index (χ4n) is 5.81. The summed E-state index contributed by atoms with van der Waals surface area (Å²) < 4.78 is 68.4. The van der Waals surface area contributed by atoms with Crippen molar-refractivity contribution >= 4 is 38.9 Å². The molecule has 1 N–H and O–H groups in total. The normalized spacial score (nSPS) is 20.0. The molecule has 2 atom stereocenters. The number of rotatable bonds is 6. The minimum atomic E-state index is -4.57. The second-order valence-electron chi connectivity index (χ2n) is 10.6. The third kappa shape index (κ3) is 6.39. The molecular formula is C30H31ClF3N3O3S. The van der Waals surface area contributed by atoms with Gasteiger partial charge in [0, 0.05) is 43.3 Å². The maximum Gasteiger partial charge on any atom is 0.418 e. The zero-order chi connectivity index (χ0) is 29.4. The van der Waals surface area contributed by atoms with Crippen LogP contribution in [-0.2, 0) is 27.4 Å². The van der Waals surface area contributed by atoms with Gasteiger partial charge in [-0.1, -0.05) is 42.8 Å². The van der Waals surface area contributed by atoms with Crippen LogP contribution in [0.1, 0.15) is 42.4 Å². The van der Waals surface area contributed by atoms with Gasteiger partial charge in [0.2, 0.25) is 15.9 Å². The summed E-state index contributed by atoms with van der Waals surface area (Å²) in [5.74, 6) is -0.610. The molecule has 6 nitrogen and oxygen atoms in total. The lowest BCUT2D eigenvalue weighted by Crippen LogP contribution is -2.48. The number of amides is 1. The van der Waals surface area contributed by atoms with Crippen LogP contribution in [0.4, 0.5) is 24.5 Å². The van der Waals surface area contributed by atoms with Crippen LogP contribution in [0.2, 0.25) is 5.02 Å². The molecule has 3 aromatic rings. The average Bonchev–Trinajstić information content (AvgIpc) is 2.94. The van der Waals surface area contributed by atoms with Crippen molar-refractivity contribution in [1.82, 2.24) is 4.31 Å². The maximum atomic E-state index is 13.5. The van der Waals surface area contributed by atoms with Crippen molar-refractivity contribution in [3.63, 3.8) is 0 Å². The first-order chi connectivity index (χ1) is 19.4. The molecule has 1 aliphatic heterocycles. The van der Waals surface area contributed by atoms with Gasteiger partial charge in [-0.3, -0.25) is 4.79 Å². The van der Waals surface area contributed by atoms with E-state index >= 15 is 0 Å². The fourth-order valence-corrected chi connectivity index (χ4v) is 7.47. The van der Waals surface area contributed by atoms with E-state index in [1.807, 2.05) is 31.2 Å². The van der Waals surface area contributed by atoms with Gasteiger partial charge in [-0.05, 0) is 78.3 Å². The van der Waals surface area contributed by atoms with Gasteiger partial charge >= 0.3 is 6.18 Å². The molecule has 2 aliphatic rings. The van der Waals surface area contributed by atoms with E-state index in [0.717, 1.165) is 22.9 Å². The van der Waals surface area contributed by atoms with Gasteiger partial charge < -0.3 is 10.2 Å². The smallest absolute Gasteiger partial charge is 0.369 e. The van der Waals surface area contributed by atoms with E-state index in [9.17, 15) is 26.4 Å². The van der Waals surface area contributed by atoms with E-state index in [0.29, 0.717) is 44.0 Å². The van der Waals surface area contributed by atoms with Crippen LogP contribution in [0.3, 0.4) is 0 Å². The van der Waals surface area contributed by atoms with Gasteiger partial charge in [0.25, 0.3) is 0 Å². The van der Waals surface area contributed by atoms with Crippen LogP contribution in [0.5, 0.6) is 0 Å². The second-order valence-corrected chi connectivity index (χ2v) is 13.0. The Labute approximate surface area is 243 Å². The number of fused-ring (bicyclic) bond motifs is 1. The molecule has 3 aromatic carbocycles. The molecule has 1 amide bonds. The average molecular weight is 606 g/mol. The monoisotopic (exact) mass is 605 g/mol. The van der Waals surface area contributed by atoms with E-state index in [1.54, 1.807) is 18.2 Å². The Balaban J connectivity index is 1.23. The number of halogens is 4. The van der Waals surface area contributed by atoms with Gasteiger partial charge in [-0.2, -0.15) is 17.5 Å². The van der Waals surface area contributed by atoms with Crippen LogP contribution in [0, 0.1) is 5.92 Å². The van der Waals surface area contributed by atoms with Crippen molar-refractivity contribution in [2.24, 2.45) is 5.92 Å². The van der Waals surface area contributed by atoms with Crippen molar-refractivity contribution < 1.29 is 26.4 Å². The number of hydrogen-bond acceptors (Lipinski definition) is 4. The molecule has 5 rings (SSSR count). The predicted octanol–water partition coefficient (Wildman–Crippen LogP) is 6.56. The number of carbonyl (C=O) groups excluding carboxylic acids is 1. The topological polar surface area (TPSA) is 69.7 Å². The van der Waals surface area contributed by atoms with E-state index in [4.69, 9.17) is 11.6 Å². The van der Waals surface area contributed by atoms with E-state index < -0.39 is 27.7 Å². The number of hydrogen-bond donors (Lipinski definition) is 1. The second kappa shape index (κ2) is 11.7. The highest BCUT2D eigenvalue weighted by atomic mass is 35.5. The first-order valence-electron chi connectivity index (χ1n) is 13.5. The predicted molar refractivity (Wildman–Crippen MR) is 154 cm³/mol. The van der Waals surface area contributed by atoms with Gasteiger partial charge in [0.15, 0.2) is 0 Å². The van der Waals surface area contributed by atoms with E-state index in [1.165, 1.54) is 22.5 Å². The number of anilines is 2. The molecular weight excluding hydrogens is 575 g/mol. The van der Waals surface area contributed by atoms with Crippen LogP contribution >= 0.6 is 11.6 Å². The summed E-state index contributed by atoms with van der Waals surface area (Å²) in [6.45, 7) is 3.80. The van der Waals surface area contributed by atoms with Crippen molar-refractivity contribution in [2.75, 3.05) is 36.4 Å². The number of nitrogens with zero attached hydrogens (tertiary/aromatic N) is 2. The number of piperazine rings is 1. The molecule has 2 unspecified atom stereocenters. The molecule has 0 spiro atoms. The van der Waals surface area contributed by atoms with Crippen molar-refractivity contribution in [2.45, 2.75) is 43.2 Å². The van der Waals surface area contributed by atoms with Gasteiger partial charge in [0.05, 0.1) is 16.1 Å². The first-order valence-corrected chi connectivity index (χ1v) is 15.3. The lowest BCUT2D eigenvalue weighted by molar-refractivity contribution is -0.137. The third-order valence-corrected chi connectivity index (χ3v) is 10.2. The minimum absolute atomic E-state index is 0.0552. The van der Waals surface area contributed by atoms with Crippen LogP contribution in [0.25, 0.3) is 0 Å². The Bertz CT molecular complexity index is 1540. The lowest BCUT2D eigenvalue weighted by atomic mass is 9.74. The quantitative estimate of drug-likeness (QED) is 0.345. The Kier molecular flexibility index (Phi) is 8.36. The molecule has 1 fully saturated rings. The van der Waals surface area contributed by atoms with Gasteiger partial charge in [-0.15, -0.1) is 0 Å². The molecule has 0 bridgehead atoms. The Morgan fingerprint density at radius 2 is 1.73 bits per heavy atom. The summed E-state index contributed by atoms with van der Waals surface area (Å²) in [7, 11) is -3.69. The molecule has 11 heteroatoms. The van der Waals surface area contributed by atoms with Crippen molar-refractivity contribution in [1.29, 1.82) is 0 Å². The van der Waals surface area contributed by atoms with Gasteiger partial charge in [0.1, 0.15) is 0 Å². The van der Waals surface area contributed by atoms with Crippen LogP contribution in [-0.4, -0.2) is 44.8 Å². The number of nitrogens with one attached hydrogen (secondary N) is 1. The SMILES string of the molecule is CC1c2ccc(S(=O)(=O)N3CCN(c4cccc(Cl)c4)CC3)cc2CCC1CC(=O)Nc1ccccc1C(F)(F)F. The van der Waals surface area contributed by atoms with E-state index in [2.05, 4.69) is 10.2 Å². The molecule has 41 heavy (non-hydrogen) atoms. The highest BCUT2D eigenvalue weighted by Gasteiger charge is 2.35. The zero-order valence-corrected chi connectivity index (χ0v) is 24.1. The van der Waals surface area contributed by atoms with Crippen LogP contribution in [0.15, 0.2) is 71.6 Å². The molecule has 0 saturated carbocycles. The molecule has 218 valence electrons. The summed E-state index contributed by atoms with van der Waals surface area (Å²) in [6, 6.07) is 17.6. The number of alkyl halides is 3. The Hall–Kier alpha value is -3.08. The molecule has 1 aliphatic carbocycles. The molecule has 1 heterocycles. The molecule has 1 saturated heterocycles. The lowest BCUT2D eigenvalue weighted by Gasteiger charge is -2.36. The standard InChI is InChI=1S/C30H31ClF3N3O3S/c1-20-21(18-29(38)35-28-8-3-2-7-27(28)30(32,33)34)9-10-22-17-25(11-12-26(20)22)41(39,40)37-15-13-36(14-16-37)24-6-4-5-23(31)19-24/h2-8,11-12,17,19-21H,9-10,13-16,18H2,1H3,(H,35,38).